The molecule has 1 heterocycles. The molecule has 1 aromatic heterocycles. The molecular formula is C15H17N3O4. The van der Waals surface area contributed by atoms with Crippen LogP contribution in [0.5, 0.6) is 0 Å². The minimum Gasteiger partial charge on any atom is -0.444 e. The molecular weight excluding hydrogens is 286 g/mol. The van der Waals surface area contributed by atoms with Gasteiger partial charge in [0, 0.05) is 18.5 Å². The van der Waals surface area contributed by atoms with Crippen molar-refractivity contribution in [2.24, 2.45) is 0 Å². The van der Waals surface area contributed by atoms with Crippen molar-refractivity contribution in [2.75, 3.05) is 5.32 Å². The van der Waals surface area contributed by atoms with Gasteiger partial charge < -0.3 is 9.30 Å². The summed E-state index contributed by atoms with van der Waals surface area (Å²) in [5.41, 5.74) is -0.150. The fourth-order valence-electron chi connectivity index (χ4n) is 1.86. The number of amides is 1. The van der Waals surface area contributed by atoms with Crippen molar-refractivity contribution < 1.29 is 14.5 Å². The second-order valence-corrected chi connectivity index (χ2v) is 5.68. The van der Waals surface area contributed by atoms with Crippen molar-refractivity contribution in [2.45, 2.75) is 26.4 Å². The summed E-state index contributed by atoms with van der Waals surface area (Å²) in [6.45, 7) is 5.16. The molecule has 7 heteroatoms. The van der Waals surface area contributed by atoms with Crippen molar-refractivity contribution in [3.05, 3.63) is 52.8 Å². The molecule has 0 radical (unpaired) electrons. The molecule has 0 aliphatic heterocycles. The van der Waals surface area contributed by atoms with Gasteiger partial charge >= 0.3 is 6.09 Å². The smallest absolute Gasteiger partial charge is 0.412 e. The summed E-state index contributed by atoms with van der Waals surface area (Å²) in [5.74, 6) is 0. The fourth-order valence-corrected chi connectivity index (χ4v) is 1.86. The lowest BCUT2D eigenvalue weighted by molar-refractivity contribution is -0.383. The molecule has 0 saturated carbocycles. The third kappa shape index (κ3) is 3.85. The van der Waals surface area contributed by atoms with E-state index in [1.165, 1.54) is 12.1 Å². The van der Waals surface area contributed by atoms with E-state index in [1.807, 2.05) is 12.1 Å². The summed E-state index contributed by atoms with van der Waals surface area (Å²) in [5, 5.41) is 13.6. The standard InChI is InChI=1S/C15H17N3O4/c1-15(2,3)22-14(19)16-12-7-6-11(10-13(12)18(20)21)17-8-4-5-9-17/h4-10H,1-3H3,(H,16,19). The van der Waals surface area contributed by atoms with Gasteiger partial charge in [0.25, 0.3) is 5.69 Å². The maximum absolute atomic E-state index is 11.8. The van der Waals surface area contributed by atoms with Crippen LogP contribution in [-0.4, -0.2) is 21.2 Å². The van der Waals surface area contributed by atoms with E-state index in [2.05, 4.69) is 5.32 Å². The predicted molar refractivity (Wildman–Crippen MR) is 82.3 cm³/mol. The monoisotopic (exact) mass is 303 g/mol. The van der Waals surface area contributed by atoms with Crippen LogP contribution in [0.1, 0.15) is 20.8 Å². The molecule has 0 aliphatic carbocycles. The van der Waals surface area contributed by atoms with E-state index in [-0.39, 0.29) is 11.4 Å². The van der Waals surface area contributed by atoms with Crippen molar-refractivity contribution in [3.63, 3.8) is 0 Å². The topological polar surface area (TPSA) is 86.4 Å². The van der Waals surface area contributed by atoms with E-state index in [0.717, 1.165) is 0 Å². The normalized spacial score (nSPS) is 11.0. The van der Waals surface area contributed by atoms with Crippen molar-refractivity contribution in [3.8, 4) is 5.69 Å². The van der Waals surface area contributed by atoms with E-state index in [4.69, 9.17) is 4.74 Å². The summed E-state index contributed by atoms with van der Waals surface area (Å²) < 4.78 is 6.84. The maximum Gasteiger partial charge on any atom is 0.412 e. The first-order valence-corrected chi connectivity index (χ1v) is 6.68. The molecule has 1 N–H and O–H groups in total. The maximum atomic E-state index is 11.8. The zero-order chi connectivity index (χ0) is 16.3. The highest BCUT2D eigenvalue weighted by atomic mass is 16.6. The largest absolute Gasteiger partial charge is 0.444 e. The predicted octanol–water partition coefficient (Wildman–Crippen LogP) is 3.73. The van der Waals surface area contributed by atoms with Crippen LogP contribution < -0.4 is 5.32 Å². The lowest BCUT2D eigenvalue weighted by Gasteiger charge is -2.19. The summed E-state index contributed by atoms with van der Waals surface area (Å²) in [6.07, 6.45) is 2.82. The molecule has 0 fully saturated rings. The minimum atomic E-state index is -0.732. The zero-order valence-corrected chi connectivity index (χ0v) is 12.6. The number of rotatable bonds is 3. The van der Waals surface area contributed by atoms with Crippen LogP contribution in [0.2, 0.25) is 0 Å². The average molecular weight is 303 g/mol. The average Bonchev–Trinajstić information content (AvgIpc) is 2.90. The summed E-state index contributed by atoms with van der Waals surface area (Å²) in [4.78, 5) is 22.4. The van der Waals surface area contributed by atoms with Gasteiger partial charge in [-0.2, -0.15) is 0 Å². The Labute approximate surface area is 127 Å². The molecule has 0 saturated heterocycles. The molecule has 0 atom stereocenters. The number of nitrogens with one attached hydrogen (secondary N) is 1. The number of aromatic nitrogens is 1. The zero-order valence-electron chi connectivity index (χ0n) is 12.6. The quantitative estimate of drug-likeness (QED) is 0.691. The number of carbonyl (C=O) groups is 1. The first-order valence-electron chi connectivity index (χ1n) is 6.68. The highest BCUT2D eigenvalue weighted by Gasteiger charge is 2.21. The molecule has 0 unspecified atom stereocenters. The summed E-state index contributed by atoms with van der Waals surface area (Å²) >= 11 is 0. The minimum absolute atomic E-state index is 0.0927. The van der Waals surface area contributed by atoms with Crippen LogP contribution in [0.15, 0.2) is 42.7 Å². The van der Waals surface area contributed by atoms with E-state index in [9.17, 15) is 14.9 Å². The third-order valence-corrected chi connectivity index (χ3v) is 2.72. The Kier molecular flexibility index (Phi) is 4.16. The highest BCUT2D eigenvalue weighted by Crippen LogP contribution is 2.27. The Morgan fingerprint density at radius 1 is 1.27 bits per heavy atom. The Balaban J connectivity index is 2.28. The van der Waals surface area contributed by atoms with Gasteiger partial charge in [-0.1, -0.05) is 0 Å². The van der Waals surface area contributed by atoms with E-state index < -0.39 is 16.6 Å². The summed E-state index contributed by atoms with van der Waals surface area (Å²) in [6, 6.07) is 8.20. The van der Waals surface area contributed by atoms with Crippen molar-refractivity contribution in [1.82, 2.24) is 4.57 Å². The lowest BCUT2D eigenvalue weighted by atomic mass is 10.2. The Hall–Kier alpha value is -2.83. The fraction of sp³-hybridized carbons (Fsp3) is 0.267. The number of ether oxygens (including phenoxy) is 1. The Morgan fingerprint density at radius 3 is 2.45 bits per heavy atom. The van der Waals surface area contributed by atoms with Crippen LogP contribution in [0.25, 0.3) is 5.69 Å². The molecule has 22 heavy (non-hydrogen) atoms. The first-order chi connectivity index (χ1) is 10.3. The molecule has 0 bridgehead atoms. The molecule has 0 spiro atoms. The Morgan fingerprint density at radius 2 is 1.91 bits per heavy atom. The van der Waals surface area contributed by atoms with Crippen LogP contribution in [0.4, 0.5) is 16.2 Å². The van der Waals surface area contributed by atoms with Gasteiger partial charge in [-0.3, -0.25) is 15.4 Å². The highest BCUT2D eigenvalue weighted by molar-refractivity contribution is 5.88. The van der Waals surface area contributed by atoms with Crippen LogP contribution in [0.3, 0.4) is 0 Å². The number of benzene rings is 1. The number of hydrogen-bond acceptors (Lipinski definition) is 4. The van der Waals surface area contributed by atoms with Gasteiger partial charge in [0.15, 0.2) is 0 Å². The van der Waals surface area contributed by atoms with E-state index in [0.29, 0.717) is 5.69 Å². The molecule has 1 aromatic carbocycles. The number of carbonyl (C=O) groups excluding carboxylic acids is 1. The van der Waals surface area contributed by atoms with E-state index in [1.54, 1.807) is 43.8 Å². The van der Waals surface area contributed by atoms with Gasteiger partial charge in [-0.25, -0.2) is 4.79 Å². The lowest BCUT2D eigenvalue weighted by Crippen LogP contribution is -2.27. The van der Waals surface area contributed by atoms with E-state index >= 15 is 0 Å². The van der Waals surface area contributed by atoms with Gasteiger partial charge in [0.1, 0.15) is 11.3 Å². The molecule has 2 aromatic rings. The molecule has 116 valence electrons. The van der Waals surface area contributed by atoms with Gasteiger partial charge in [-0.15, -0.1) is 0 Å². The Bertz CT molecular complexity index is 687. The number of nitrogens with zero attached hydrogens (tertiary/aromatic N) is 2. The molecule has 0 aliphatic rings. The SMILES string of the molecule is CC(C)(C)OC(=O)Nc1ccc(-n2cccc2)cc1[N+](=O)[O-]. The number of hydrogen-bond donors (Lipinski definition) is 1. The molecule has 1 amide bonds. The van der Waals surface area contributed by atoms with Gasteiger partial charge in [-0.05, 0) is 45.0 Å². The van der Waals surface area contributed by atoms with Crippen LogP contribution in [0, 0.1) is 10.1 Å². The van der Waals surface area contributed by atoms with Gasteiger partial charge in [0.05, 0.1) is 10.6 Å². The van der Waals surface area contributed by atoms with Crippen molar-refractivity contribution in [1.29, 1.82) is 0 Å². The number of anilines is 1. The van der Waals surface area contributed by atoms with Gasteiger partial charge in [0.2, 0.25) is 0 Å². The van der Waals surface area contributed by atoms with Crippen LogP contribution >= 0.6 is 0 Å². The van der Waals surface area contributed by atoms with Crippen LogP contribution in [-0.2, 0) is 4.74 Å². The number of nitro benzene ring substituents is 1. The first kappa shape index (κ1) is 15.6. The van der Waals surface area contributed by atoms with Crippen molar-refractivity contribution >= 4 is 17.5 Å². The molecule has 2 rings (SSSR count). The third-order valence-electron chi connectivity index (χ3n) is 2.72. The number of nitro groups is 1. The summed E-state index contributed by atoms with van der Waals surface area (Å²) in [7, 11) is 0. The second-order valence-electron chi connectivity index (χ2n) is 5.68. The molecule has 7 nitrogen and oxygen atoms in total. The second kappa shape index (κ2) is 5.88.